The molecule has 3 aromatic heterocycles. The molecule has 0 spiro atoms. The van der Waals surface area contributed by atoms with Crippen molar-refractivity contribution < 1.29 is 18.0 Å². The highest BCUT2D eigenvalue weighted by molar-refractivity contribution is 8.05. The van der Waals surface area contributed by atoms with Crippen LogP contribution in [0.2, 0.25) is 0 Å². The van der Waals surface area contributed by atoms with Gasteiger partial charge in [0.1, 0.15) is 5.82 Å². The fraction of sp³-hybridized carbons (Fsp3) is 0.703. The summed E-state index contributed by atoms with van der Waals surface area (Å²) in [5, 5.41) is 1.35. The normalized spacial score (nSPS) is 14.4. The van der Waals surface area contributed by atoms with Crippen molar-refractivity contribution in [2.75, 3.05) is 14.1 Å². The number of imidazole rings is 1. The zero-order valence-electron chi connectivity index (χ0n) is 52.5. The van der Waals surface area contributed by atoms with Crippen LogP contribution in [0.25, 0.3) is 0 Å². The van der Waals surface area contributed by atoms with E-state index in [-0.39, 0.29) is 76.5 Å². The molecule has 3 aromatic rings. The third kappa shape index (κ3) is 22.1. The Labute approximate surface area is 510 Å². The molecule has 0 saturated carbocycles. The number of nitrogens with one attached hydrogen (secondary N) is 1. The van der Waals surface area contributed by atoms with Gasteiger partial charge in [-0.15, -0.1) is 0 Å². The highest BCUT2D eigenvalue weighted by atomic mass is 32.2. The Morgan fingerprint density at radius 3 is 1.26 bits per heavy atom. The Bertz CT molecular complexity index is 2780. The van der Waals surface area contributed by atoms with Crippen LogP contribution in [-0.2, 0) is 28.9 Å². The molecule has 0 unspecified atom stereocenters. The summed E-state index contributed by atoms with van der Waals surface area (Å²) in [5.74, 6) is 5.00. The van der Waals surface area contributed by atoms with Crippen molar-refractivity contribution >= 4 is 55.5 Å². The molecule has 0 fully saturated rings. The van der Waals surface area contributed by atoms with E-state index in [9.17, 15) is 27.6 Å². The van der Waals surface area contributed by atoms with E-state index in [1.807, 2.05) is 85.8 Å². The molecule has 0 aliphatic carbocycles. The van der Waals surface area contributed by atoms with E-state index in [4.69, 9.17) is 0 Å². The number of sulfonamides is 1. The van der Waals surface area contributed by atoms with Gasteiger partial charge in [0.2, 0.25) is 0 Å². The standard InChI is InChI=1S/C11H20N2.C10H17NO3S.2C10H17NOS.C9H14N2O.C9H16N2.5CH4/c1-7(2)10-9(5)12-13(6)11(10)8(3)4;1-6(2)8-9(7(3)4)11(5)15(13,14)10(8)12;1-6(2)8-9(7(3)4)13-10(12)11(8)5;1-6(2)8-9(7(3)4)11(5)13-10(8)12;1-5(2)7-8(6(3)4)11-9(12)10-7;1-7(2)9-10-5-6-11(9)8(3)4;;;;;/h7-8,12H,5H2,1-4,6H3;6-7H,1-5H3;2*6-7H,1-5H3;5-6H,1-4H3;5-8H,1-4H3;5*1H4. The first-order chi connectivity index (χ1) is 35.2. The molecule has 0 bridgehead atoms. The second-order valence-corrected chi connectivity index (χ2v) is 27.6. The van der Waals surface area contributed by atoms with Crippen molar-refractivity contribution in [2.24, 2.45) is 59.6 Å². The number of carbonyl (C=O) groups excluding carboxylic acids is 2. The van der Waals surface area contributed by atoms with Gasteiger partial charge in [-0.2, -0.15) is 18.4 Å². The fourth-order valence-corrected chi connectivity index (χ4v) is 13.2. The summed E-state index contributed by atoms with van der Waals surface area (Å²) < 4.78 is 30.7. The van der Waals surface area contributed by atoms with Crippen LogP contribution >= 0.6 is 22.9 Å². The van der Waals surface area contributed by atoms with Crippen LogP contribution in [0.3, 0.4) is 0 Å². The lowest BCUT2D eigenvalue weighted by Gasteiger charge is -2.20. The topological polar surface area (TPSA) is 173 Å². The summed E-state index contributed by atoms with van der Waals surface area (Å²) in [7, 11) is 3.55. The van der Waals surface area contributed by atoms with Crippen LogP contribution in [0.1, 0.15) is 267 Å². The number of allylic oxidation sites excluding steroid dienone is 3. The number of hydrogen-bond donors (Lipinski definition) is 1. The first-order valence-electron chi connectivity index (χ1n) is 27.5. The Hall–Kier alpha value is -4.68. The van der Waals surface area contributed by atoms with E-state index >= 15 is 0 Å². The summed E-state index contributed by atoms with van der Waals surface area (Å²) in [6, 6.07) is 0.178. The number of carbonyl (C=O) groups is 2. The van der Waals surface area contributed by atoms with Crippen LogP contribution in [-0.4, -0.2) is 72.5 Å². The number of aryl methyl sites for hydroxylation is 1. The van der Waals surface area contributed by atoms with Crippen LogP contribution in [0.5, 0.6) is 0 Å². The van der Waals surface area contributed by atoms with Gasteiger partial charge in [-0.25, -0.2) is 9.78 Å². The second kappa shape index (κ2) is 36.9. The highest BCUT2D eigenvalue weighted by Crippen LogP contribution is 2.35. The molecular weight excluding hydrogens is 1090 g/mol. The molecular formula is C64H121N9O6S3. The largest absolute Gasteiger partial charge is 0.367 e. The minimum absolute atomic E-state index is 0. The maximum atomic E-state index is 11.7. The summed E-state index contributed by atoms with van der Waals surface area (Å²) in [5.41, 5.74) is 13.2. The number of amides is 2. The first kappa shape index (κ1) is 86.1. The SMILES string of the molecule is C.C.C.C.C.C=C1NN(C)C(C(C)C)=C1C(C)C.CC(C)C1=C(C(C)C)N(C)S(=O)(=O)C1=O.CC(C)C1=NC(=O)N=C1C(C)C.CC(C)c1c(C(C)C)n(C)sc1=O.CC(C)c1nccn1C(C)C.CC(C)c1sc(=O)n(C)c1C(C)C. The number of nitrogens with zero attached hydrogens (tertiary/aromatic N) is 8. The van der Waals surface area contributed by atoms with Crippen LogP contribution in [0.15, 0.2) is 66.8 Å². The van der Waals surface area contributed by atoms with Crippen LogP contribution in [0.4, 0.5) is 4.79 Å². The van der Waals surface area contributed by atoms with Gasteiger partial charge in [0.15, 0.2) is 0 Å². The van der Waals surface area contributed by atoms with Gasteiger partial charge < -0.3 is 13.1 Å². The quantitative estimate of drug-likeness (QED) is 0.185. The highest BCUT2D eigenvalue weighted by Gasteiger charge is 2.43. The zero-order valence-corrected chi connectivity index (χ0v) is 55.0. The number of aliphatic imine (C=N–C) groups is 2. The number of aromatic nitrogens is 4. The Morgan fingerprint density at radius 2 is 0.976 bits per heavy atom. The van der Waals surface area contributed by atoms with E-state index in [0.29, 0.717) is 58.7 Å². The number of rotatable bonds is 12. The van der Waals surface area contributed by atoms with Crippen molar-refractivity contribution in [1.29, 1.82) is 0 Å². The maximum absolute atomic E-state index is 11.7. The van der Waals surface area contributed by atoms with Crippen LogP contribution in [0, 0.1) is 35.5 Å². The predicted octanol–water partition coefficient (Wildman–Crippen LogP) is 17.3. The van der Waals surface area contributed by atoms with Crippen molar-refractivity contribution in [3.63, 3.8) is 0 Å². The third-order valence-electron chi connectivity index (χ3n) is 12.8. The summed E-state index contributed by atoms with van der Waals surface area (Å²) in [6.45, 7) is 54.1. The van der Waals surface area contributed by atoms with Gasteiger partial charge in [-0.05, 0) is 84.6 Å². The third-order valence-corrected chi connectivity index (χ3v) is 16.7. The number of hydrazine groups is 1. The Morgan fingerprint density at radius 1 is 0.537 bits per heavy atom. The molecule has 0 aromatic carbocycles. The molecule has 15 nitrogen and oxygen atoms in total. The van der Waals surface area contributed by atoms with Crippen LogP contribution < -0.4 is 15.0 Å². The second-order valence-electron chi connectivity index (χ2n) is 23.6. The molecule has 0 atom stereocenters. The van der Waals surface area contributed by atoms with Gasteiger partial charge in [-0.3, -0.25) is 29.1 Å². The smallest absolute Gasteiger partial charge is 0.332 e. The minimum Gasteiger partial charge on any atom is -0.332 e. The molecule has 18 heteroatoms. The van der Waals surface area contributed by atoms with Gasteiger partial charge >= 0.3 is 20.9 Å². The number of hydrogen-bond acceptors (Lipinski definition) is 11. The van der Waals surface area contributed by atoms with E-state index in [1.54, 1.807) is 4.57 Å². The van der Waals surface area contributed by atoms with E-state index in [1.165, 1.54) is 63.3 Å². The van der Waals surface area contributed by atoms with E-state index < -0.39 is 15.1 Å². The predicted molar refractivity (Wildman–Crippen MR) is 361 cm³/mol. The lowest BCUT2D eigenvalue weighted by molar-refractivity contribution is -0.108. The minimum atomic E-state index is -3.77. The molecule has 476 valence electrons. The van der Waals surface area contributed by atoms with E-state index in [2.05, 4.69) is 154 Å². The maximum Gasteiger partial charge on any atom is 0.367 e. The lowest BCUT2D eigenvalue weighted by Crippen LogP contribution is -2.27. The Balaban J connectivity index is -0.000000286. The molecule has 82 heavy (non-hydrogen) atoms. The van der Waals surface area contributed by atoms with E-state index in [0.717, 1.165) is 27.0 Å². The first-order valence-corrected chi connectivity index (χ1v) is 30.6. The molecule has 2 amide bonds. The average molecular weight is 1210 g/mol. The number of thiazole rings is 1. The average Bonchev–Trinajstić information content (AvgIpc) is 4.14. The van der Waals surface area contributed by atoms with Crippen molar-refractivity contribution in [2.45, 2.75) is 239 Å². The monoisotopic (exact) mass is 1210 g/mol. The fourth-order valence-electron chi connectivity index (χ4n) is 9.54. The van der Waals surface area contributed by atoms with Crippen molar-refractivity contribution in [3.05, 3.63) is 94.1 Å². The molecule has 6 rings (SSSR count). The molecule has 6 heterocycles. The summed E-state index contributed by atoms with van der Waals surface area (Å²) in [6.07, 6.45) is 3.91. The molecule has 0 radical (unpaired) electrons. The molecule has 3 aliphatic rings. The summed E-state index contributed by atoms with van der Waals surface area (Å²) in [4.78, 5) is 59.1. The number of urea groups is 1. The van der Waals surface area contributed by atoms with Gasteiger partial charge in [0.25, 0.3) is 9.86 Å². The van der Waals surface area contributed by atoms with Gasteiger partial charge in [0, 0.05) is 96.9 Å². The van der Waals surface area contributed by atoms with Gasteiger partial charge in [-0.1, -0.05) is 207 Å². The molecule has 3 aliphatic heterocycles. The molecule has 1 N–H and O–H groups in total. The Kier molecular flexibility index (Phi) is 38.8. The van der Waals surface area contributed by atoms with Gasteiger partial charge in [0.05, 0.1) is 17.1 Å². The lowest BCUT2D eigenvalue weighted by atomic mass is 9.95. The molecule has 0 saturated heterocycles. The zero-order chi connectivity index (χ0) is 60.2. The van der Waals surface area contributed by atoms with Crippen molar-refractivity contribution in [3.8, 4) is 0 Å². The summed E-state index contributed by atoms with van der Waals surface area (Å²) >= 11 is 2.70. The van der Waals surface area contributed by atoms with Crippen molar-refractivity contribution in [1.82, 2.24) is 32.8 Å².